The first-order chi connectivity index (χ1) is 18.6. The van der Waals surface area contributed by atoms with Gasteiger partial charge >= 0.3 is 0 Å². The van der Waals surface area contributed by atoms with Crippen LogP contribution in [0.1, 0.15) is 60.2 Å². The number of carbonyl (C=O) groups excluding carboxylic acids is 3. The molecule has 0 bridgehead atoms. The van der Waals surface area contributed by atoms with E-state index in [0.717, 1.165) is 28.8 Å². The molecule has 2 atom stereocenters. The summed E-state index contributed by atoms with van der Waals surface area (Å²) in [4.78, 5) is 40.9. The molecule has 2 saturated heterocycles. The number of piperidine rings is 2. The van der Waals surface area contributed by atoms with E-state index < -0.39 is 23.0 Å². The molecule has 10 nitrogen and oxygen atoms in total. The number of imide groups is 1. The molecule has 2 aromatic carbocycles. The third-order valence-electron chi connectivity index (χ3n) is 8.50. The number of carbonyl (C=O) groups is 3. The van der Waals surface area contributed by atoms with E-state index in [0.29, 0.717) is 37.4 Å². The van der Waals surface area contributed by atoms with Crippen molar-refractivity contribution in [1.29, 1.82) is 0 Å². The number of nitrogens with zero attached hydrogens (tertiary/aromatic N) is 4. The highest BCUT2D eigenvalue weighted by Gasteiger charge is 2.49. The van der Waals surface area contributed by atoms with Crippen LogP contribution in [-0.2, 0) is 28.3 Å². The third kappa shape index (κ3) is 4.43. The Labute approximate surface area is 226 Å². The smallest absolute Gasteiger partial charge is 0.255 e. The zero-order valence-electron chi connectivity index (χ0n) is 22.0. The predicted molar refractivity (Wildman–Crippen MR) is 140 cm³/mol. The maximum atomic E-state index is 13.1. The molecular formula is C29H31N5O5. The predicted octanol–water partition coefficient (Wildman–Crippen LogP) is 2.62. The van der Waals surface area contributed by atoms with Crippen molar-refractivity contribution in [1.82, 2.24) is 25.3 Å². The summed E-state index contributed by atoms with van der Waals surface area (Å²) in [6.45, 7) is 6.59. The highest BCUT2D eigenvalue weighted by molar-refractivity contribution is 6.05. The van der Waals surface area contributed by atoms with Crippen LogP contribution in [0, 0.1) is 5.41 Å². The summed E-state index contributed by atoms with van der Waals surface area (Å²) >= 11 is 0. The molecule has 2 N–H and O–H groups in total. The summed E-state index contributed by atoms with van der Waals surface area (Å²) in [6.07, 6.45) is 2.40. The van der Waals surface area contributed by atoms with Crippen molar-refractivity contribution in [3.63, 3.8) is 0 Å². The number of aliphatic hydroxyl groups is 1. The number of likely N-dealkylation sites (tertiary alicyclic amines) is 1. The number of nitrogens with one attached hydrogen (secondary N) is 1. The van der Waals surface area contributed by atoms with Crippen molar-refractivity contribution >= 4 is 17.7 Å². The summed E-state index contributed by atoms with van der Waals surface area (Å²) in [5.41, 5.74) is 2.62. The maximum Gasteiger partial charge on any atom is 0.255 e. The van der Waals surface area contributed by atoms with Crippen LogP contribution in [0.2, 0.25) is 0 Å². The Bertz CT molecular complexity index is 1430. The normalized spacial score (nSPS) is 25.1. The lowest BCUT2D eigenvalue weighted by atomic mass is 9.66. The number of aromatic nitrogens is 2. The Kier molecular flexibility index (Phi) is 6.11. The zero-order chi connectivity index (χ0) is 27.4. The van der Waals surface area contributed by atoms with Gasteiger partial charge in [-0.1, -0.05) is 38.1 Å². The topological polar surface area (TPSA) is 129 Å². The molecule has 39 heavy (non-hydrogen) atoms. The van der Waals surface area contributed by atoms with E-state index in [1.165, 1.54) is 11.3 Å². The summed E-state index contributed by atoms with van der Waals surface area (Å²) in [6, 6.07) is 12.9. The first-order valence-corrected chi connectivity index (χ1v) is 13.2. The highest BCUT2D eigenvalue weighted by atomic mass is 16.4. The van der Waals surface area contributed by atoms with Crippen LogP contribution < -0.4 is 5.32 Å². The lowest BCUT2D eigenvalue weighted by Gasteiger charge is -2.50. The minimum Gasteiger partial charge on any atom is -0.423 e. The van der Waals surface area contributed by atoms with Gasteiger partial charge < -0.3 is 14.4 Å². The fourth-order valence-corrected chi connectivity index (χ4v) is 6.24. The molecule has 4 heterocycles. The number of benzene rings is 2. The van der Waals surface area contributed by atoms with Gasteiger partial charge in [0.25, 0.3) is 5.91 Å². The Balaban J connectivity index is 1.16. The zero-order valence-corrected chi connectivity index (χ0v) is 22.0. The molecule has 3 aliphatic heterocycles. The summed E-state index contributed by atoms with van der Waals surface area (Å²) in [5.74, 6) is -0.456. The van der Waals surface area contributed by atoms with Crippen molar-refractivity contribution in [3.8, 4) is 11.5 Å². The summed E-state index contributed by atoms with van der Waals surface area (Å²) in [5, 5.41) is 22.0. The van der Waals surface area contributed by atoms with Gasteiger partial charge in [0.05, 0.1) is 5.60 Å². The number of hydrogen-bond donors (Lipinski definition) is 2. The van der Waals surface area contributed by atoms with E-state index in [1.807, 2.05) is 24.3 Å². The second kappa shape index (κ2) is 9.39. The molecular weight excluding hydrogens is 498 g/mol. The molecule has 202 valence electrons. The van der Waals surface area contributed by atoms with Crippen molar-refractivity contribution in [3.05, 3.63) is 71.1 Å². The van der Waals surface area contributed by atoms with Crippen LogP contribution in [0.5, 0.6) is 0 Å². The van der Waals surface area contributed by atoms with Gasteiger partial charge in [0, 0.05) is 49.1 Å². The lowest BCUT2D eigenvalue weighted by Crippen LogP contribution is -2.55. The van der Waals surface area contributed by atoms with Gasteiger partial charge in [0.15, 0.2) is 0 Å². The monoisotopic (exact) mass is 529 g/mol. The number of amides is 3. The van der Waals surface area contributed by atoms with E-state index in [2.05, 4.69) is 46.4 Å². The van der Waals surface area contributed by atoms with Crippen molar-refractivity contribution in [2.24, 2.45) is 5.41 Å². The van der Waals surface area contributed by atoms with E-state index in [4.69, 9.17) is 4.42 Å². The summed E-state index contributed by atoms with van der Waals surface area (Å²) in [7, 11) is 0. The minimum atomic E-state index is -1.08. The Hall–Kier alpha value is -3.89. The molecule has 0 aliphatic carbocycles. The van der Waals surface area contributed by atoms with Gasteiger partial charge in [-0.05, 0) is 47.7 Å². The van der Waals surface area contributed by atoms with Gasteiger partial charge in [0.1, 0.15) is 6.04 Å². The largest absolute Gasteiger partial charge is 0.423 e. The summed E-state index contributed by atoms with van der Waals surface area (Å²) < 4.78 is 5.27. The number of fused-ring (bicyclic) bond motifs is 1. The molecule has 1 unspecified atom stereocenters. The number of hydrogen-bond acceptors (Lipinski definition) is 8. The second-order valence-corrected chi connectivity index (χ2v) is 11.4. The first-order valence-electron chi connectivity index (χ1n) is 13.2. The van der Waals surface area contributed by atoms with Gasteiger partial charge in [-0.25, -0.2) is 0 Å². The van der Waals surface area contributed by atoms with Crippen LogP contribution in [0.4, 0.5) is 0 Å². The van der Waals surface area contributed by atoms with E-state index in [-0.39, 0.29) is 24.8 Å². The molecule has 0 saturated carbocycles. The van der Waals surface area contributed by atoms with Crippen LogP contribution in [0.15, 0.2) is 53.3 Å². The van der Waals surface area contributed by atoms with Gasteiger partial charge in [0.2, 0.25) is 24.1 Å². The van der Waals surface area contributed by atoms with E-state index >= 15 is 0 Å². The van der Waals surface area contributed by atoms with Crippen molar-refractivity contribution < 1.29 is 23.9 Å². The van der Waals surface area contributed by atoms with Crippen LogP contribution in [0.25, 0.3) is 11.5 Å². The Morgan fingerprint density at radius 1 is 1.13 bits per heavy atom. The third-order valence-corrected chi connectivity index (χ3v) is 8.50. The van der Waals surface area contributed by atoms with Crippen LogP contribution in [-0.4, -0.2) is 62.0 Å². The van der Waals surface area contributed by atoms with E-state index in [9.17, 15) is 19.5 Å². The molecule has 3 amide bonds. The Morgan fingerprint density at radius 3 is 2.62 bits per heavy atom. The molecule has 0 spiro atoms. The van der Waals surface area contributed by atoms with Crippen molar-refractivity contribution in [2.75, 3.05) is 13.1 Å². The SMILES string of the molecule is CC1(C)CN(Cc2ccc(-c3nnco3)cc2)CC[C@]1(O)c1ccc2c(c1)CN(C1CCC(=O)NC1=O)C2=O. The molecule has 1 aromatic heterocycles. The van der Waals surface area contributed by atoms with E-state index in [1.54, 1.807) is 6.07 Å². The molecule has 2 fully saturated rings. The average molecular weight is 530 g/mol. The fourth-order valence-electron chi connectivity index (χ4n) is 6.24. The quantitative estimate of drug-likeness (QED) is 0.483. The maximum absolute atomic E-state index is 13.1. The molecule has 0 radical (unpaired) electrons. The van der Waals surface area contributed by atoms with Crippen LogP contribution >= 0.6 is 0 Å². The second-order valence-electron chi connectivity index (χ2n) is 11.4. The lowest BCUT2D eigenvalue weighted by molar-refractivity contribution is -0.136. The molecule has 3 aromatic rings. The fraction of sp³-hybridized carbons (Fsp3) is 0.414. The molecule has 10 heteroatoms. The van der Waals surface area contributed by atoms with Gasteiger partial charge in [-0.3, -0.25) is 24.6 Å². The van der Waals surface area contributed by atoms with Crippen molar-refractivity contribution in [2.45, 2.75) is 57.8 Å². The molecule has 6 rings (SSSR count). The van der Waals surface area contributed by atoms with Crippen LogP contribution in [0.3, 0.4) is 0 Å². The number of rotatable bonds is 5. The highest BCUT2D eigenvalue weighted by Crippen LogP contribution is 2.47. The van der Waals surface area contributed by atoms with Gasteiger partial charge in [-0.15, -0.1) is 10.2 Å². The molecule has 3 aliphatic rings. The Morgan fingerprint density at radius 2 is 1.92 bits per heavy atom. The standard InChI is InChI=1S/C29H31N5O5/c1-28(2)16-33(14-18-3-5-19(6-4-18)26-32-30-17-39-26)12-11-29(28,38)21-7-8-22-20(13-21)15-34(27(22)37)23-9-10-24(35)31-25(23)36/h3-8,13,17,23,38H,9-12,14-16H2,1-2H3,(H,31,35,36)/t23?,29-/m0/s1. The average Bonchev–Trinajstić information content (AvgIpc) is 3.55. The minimum absolute atomic E-state index is 0.211. The van der Waals surface area contributed by atoms with Gasteiger partial charge in [-0.2, -0.15) is 0 Å². The first kappa shape index (κ1) is 25.4.